The number of methoxy groups -OCH3 is 3. The lowest BCUT2D eigenvalue weighted by Gasteiger charge is -2.15. The van der Waals surface area contributed by atoms with E-state index in [0.717, 1.165) is 11.1 Å². The highest BCUT2D eigenvalue weighted by Gasteiger charge is 2.16. The fraction of sp³-hybridized carbons (Fsp3) is 0.333. The number of ether oxygens (including phenoxy) is 3. The summed E-state index contributed by atoms with van der Waals surface area (Å²) in [5, 5.41) is 7.47. The maximum atomic E-state index is 5.42. The molecule has 0 aliphatic carbocycles. The van der Waals surface area contributed by atoms with Crippen molar-refractivity contribution in [3.8, 4) is 17.2 Å². The van der Waals surface area contributed by atoms with Gasteiger partial charge in [-0.25, -0.2) is 0 Å². The van der Waals surface area contributed by atoms with Crippen LogP contribution in [0.1, 0.15) is 35.8 Å². The lowest BCUT2D eigenvalue weighted by atomic mass is 10.1. The van der Waals surface area contributed by atoms with E-state index >= 15 is 0 Å². The molecule has 148 valence electrons. The predicted molar refractivity (Wildman–Crippen MR) is 105 cm³/mol. The molecule has 7 heteroatoms. The molecule has 0 aliphatic rings. The Morgan fingerprint density at radius 3 is 2.25 bits per heavy atom. The quantitative estimate of drug-likeness (QED) is 0.605. The number of nitrogens with zero attached hydrogens (tertiary/aromatic N) is 2. The SMILES string of the molecule is COc1cc(CNC(C)c2nc(Cc3ccccc3)no2)cc(OC)c1OC. The molecule has 0 amide bonds. The Kier molecular flexibility index (Phi) is 6.49. The van der Waals surface area contributed by atoms with Gasteiger partial charge in [0.1, 0.15) is 0 Å². The first-order valence-electron chi connectivity index (χ1n) is 9.03. The van der Waals surface area contributed by atoms with Crippen LogP contribution in [-0.4, -0.2) is 31.5 Å². The molecular weight excluding hydrogens is 358 g/mol. The molecule has 0 fully saturated rings. The van der Waals surface area contributed by atoms with E-state index in [-0.39, 0.29) is 6.04 Å². The molecule has 28 heavy (non-hydrogen) atoms. The molecule has 0 saturated carbocycles. The average Bonchev–Trinajstić information content (AvgIpc) is 3.20. The van der Waals surface area contributed by atoms with Crippen molar-refractivity contribution in [3.05, 3.63) is 65.3 Å². The van der Waals surface area contributed by atoms with E-state index in [2.05, 4.69) is 15.5 Å². The maximum Gasteiger partial charge on any atom is 0.243 e. The van der Waals surface area contributed by atoms with Gasteiger partial charge in [-0.1, -0.05) is 35.5 Å². The summed E-state index contributed by atoms with van der Waals surface area (Å²) in [5.74, 6) is 3.04. The molecule has 0 spiro atoms. The molecule has 1 aromatic heterocycles. The molecule has 7 nitrogen and oxygen atoms in total. The zero-order valence-electron chi connectivity index (χ0n) is 16.6. The minimum absolute atomic E-state index is 0.101. The Labute approximate surface area is 164 Å². The number of hydrogen-bond donors (Lipinski definition) is 1. The van der Waals surface area contributed by atoms with Gasteiger partial charge >= 0.3 is 0 Å². The standard InChI is InChI=1S/C21H25N3O4/c1-14(21-23-19(24-28-21)12-15-8-6-5-7-9-15)22-13-16-10-17(25-2)20(27-4)18(11-16)26-3/h5-11,14,22H,12-13H2,1-4H3. The van der Waals surface area contributed by atoms with Gasteiger partial charge < -0.3 is 24.1 Å². The maximum absolute atomic E-state index is 5.42. The largest absolute Gasteiger partial charge is 0.493 e. The molecule has 3 rings (SSSR count). The second-order valence-electron chi connectivity index (χ2n) is 6.35. The highest BCUT2D eigenvalue weighted by molar-refractivity contribution is 5.53. The average molecular weight is 383 g/mol. The van der Waals surface area contributed by atoms with E-state index in [1.807, 2.05) is 49.4 Å². The first kappa shape index (κ1) is 19.7. The van der Waals surface area contributed by atoms with Gasteiger partial charge in [0.25, 0.3) is 0 Å². The molecule has 1 N–H and O–H groups in total. The smallest absolute Gasteiger partial charge is 0.243 e. The Morgan fingerprint density at radius 1 is 0.964 bits per heavy atom. The molecule has 1 atom stereocenters. The van der Waals surface area contributed by atoms with Crippen LogP contribution in [0.3, 0.4) is 0 Å². The van der Waals surface area contributed by atoms with Crippen LogP contribution in [0.5, 0.6) is 17.2 Å². The molecule has 0 saturated heterocycles. The Bertz CT molecular complexity index is 871. The van der Waals surface area contributed by atoms with Crippen LogP contribution in [0, 0.1) is 0 Å². The second kappa shape index (κ2) is 9.23. The van der Waals surface area contributed by atoms with E-state index in [0.29, 0.717) is 41.9 Å². The van der Waals surface area contributed by atoms with Gasteiger partial charge in [0.05, 0.1) is 27.4 Å². The van der Waals surface area contributed by atoms with Crippen molar-refractivity contribution in [2.75, 3.05) is 21.3 Å². The van der Waals surface area contributed by atoms with Crippen molar-refractivity contribution in [2.24, 2.45) is 0 Å². The predicted octanol–water partition coefficient (Wildman–Crippen LogP) is 3.54. The van der Waals surface area contributed by atoms with E-state index in [1.165, 1.54) is 0 Å². The molecule has 3 aromatic rings. The van der Waals surface area contributed by atoms with Crippen LogP contribution in [0.4, 0.5) is 0 Å². The normalized spacial score (nSPS) is 11.9. The summed E-state index contributed by atoms with van der Waals surface area (Å²) in [7, 11) is 4.79. The minimum Gasteiger partial charge on any atom is -0.493 e. The van der Waals surface area contributed by atoms with E-state index in [9.17, 15) is 0 Å². The van der Waals surface area contributed by atoms with Crippen LogP contribution in [0.25, 0.3) is 0 Å². The number of hydrogen-bond acceptors (Lipinski definition) is 7. The third-order valence-electron chi connectivity index (χ3n) is 4.40. The molecule has 1 unspecified atom stereocenters. The Balaban J connectivity index is 1.65. The lowest BCUT2D eigenvalue weighted by Crippen LogP contribution is -2.18. The van der Waals surface area contributed by atoms with Crippen LogP contribution in [-0.2, 0) is 13.0 Å². The summed E-state index contributed by atoms with van der Waals surface area (Å²) in [4.78, 5) is 4.50. The van der Waals surface area contributed by atoms with Gasteiger partial charge in [-0.2, -0.15) is 4.98 Å². The second-order valence-corrected chi connectivity index (χ2v) is 6.35. The number of nitrogens with one attached hydrogen (secondary N) is 1. The highest BCUT2D eigenvalue weighted by Crippen LogP contribution is 2.38. The molecular formula is C21H25N3O4. The summed E-state index contributed by atoms with van der Waals surface area (Å²) in [6.07, 6.45) is 0.643. The molecule has 2 aromatic carbocycles. The van der Waals surface area contributed by atoms with Crippen LogP contribution in [0.2, 0.25) is 0 Å². The van der Waals surface area contributed by atoms with E-state index < -0.39 is 0 Å². The van der Waals surface area contributed by atoms with Gasteiger partial charge in [0.15, 0.2) is 17.3 Å². The summed E-state index contributed by atoms with van der Waals surface area (Å²) in [6, 6.07) is 13.8. The fourth-order valence-corrected chi connectivity index (χ4v) is 2.89. The Hall–Kier alpha value is -3.06. The summed E-state index contributed by atoms with van der Waals surface area (Å²) in [6.45, 7) is 2.56. The highest BCUT2D eigenvalue weighted by atomic mass is 16.5. The van der Waals surface area contributed by atoms with Gasteiger partial charge in [0, 0.05) is 13.0 Å². The van der Waals surface area contributed by atoms with Crippen LogP contribution >= 0.6 is 0 Å². The summed E-state index contributed by atoms with van der Waals surface area (Å²) < 4.78 is 21.6. The van der Waals surface area contributed by atoms with Gasteiger partial charge in [0.2, 0.25) is 11.6 Å². The Morgan fingerprint density at radius 2 is 1.64 bits per heavy atom. The number of benzene rings is 2. The van der Waals surface area contributed by atoms with Crippen molar-refractivity contribution in [2.45, 2.75) is 25.9 Å². The van der Waals surface area contributed by atoms with Crippen LogP contribution in [0.15, 0.2) is 47.0 Å². The van der Waals surface area contributed by atoms with Gasteiger partial charge in [-0.3, -0.25) is 0 Å². The first-order valence-corrected chi connectivity index (χ1v) is 9.03. The molecule has 0 radical (unpaired) electrons. The summed E-state index contributed by atoms with van der Waals surface area (Å²) in [5.41, 5.74) is 2.14. The van der Waals surface area contributed by atoms with Crippen molar-refractivity contribution in [3.63, 3.8) is 0 Å². The monoisotopic (exact) mass is 383 g/mol. The number of aromatic nitrogens is 2. The van der Waals surface area contributed by atoms with E-state index in [1.54, 1.807) is 21.3 Å². The van der Waals surface area contributed by atoms with Crippen molar-refractivity contribution >= 4 is 0 Å². The third-order valence-corrected chi connectivity index (χ3v) is 4.40. The summed E-state index contributed by atoms with van der Waals surface area (Å²) >= 11 is 0. The molecule has 1 heterocycles. The zero-order chi connectivity index (χ0) is 19.9. The van der Waals surface area contributed by atoms with Crippen LogP contribution < -0.4 is 19.5 Å². The van der Waals surface area contributed by atoms with Gasteiger partial charge in [-0.15, -0.1) is 0 Å². The number of rotatable bonds is 9. The first-order chi connectivity index (χ1) is 13.6. The van der Waals surface area contributed by atoms with Crippen molar-refractivity contribution < 1.29 is 18.7 Å². The van der Waals surface area contributed by atoms with E-state index in [4.69, 9.17) is 18.7 Å². The fourth-order valence-electron chi connectivity index (χ4n) is 2.89. The third kappa shape index (κ3) is 4.61. The zero-order valence-corrected chi connectivity index (χ0v) is 16.6. The van der Waals surface area contributed by atoms with Crippen molar-refractivity contribution in [1.29, 1.82) is 0 Å². The topological polar surface area (TPSA) is 78.6 Å². The minimum atomic E-state index is -0.101. The lowest BCUT2D eigenvalue weighted by molar-refractivity contribution is 0.322. The van der Waals surface area contributed by atoms with Crippen molar-refractivity contribution in [1.82, 2.24) is 15.5 Å². The molecule has 0 aliphatic heterocycles. The van der Waals surface area contributed by atoms with Gasteiger partial charge in [-0.05, 0) is 30.2 Å². The molecule has 0 bridgehead atoms.